The van der Waals surface area contributed by atoms with Gasteiger partial charge in [0.25, 0.3) is 0 Å². The monoisotopic (exact) mass is 692 g/mol. The van der Waals surface area contributed by atoms with Gasteiger partial charge in [-0.25, -0.2) is 9.97 Å². The third-order valence-corrected chi connectivity index (χ3v) is 12.0. The Labute approximate surface area is 307 Å². The van der Waals surface area contributed by atoms with Crippen LogP contribution in [0.4, 0.5) is 0 Å². The van der Waals surface area contributed by atoms with Crippen molar-refractivity contribution < 1.29 is 0 Å². The molecule has 0 saturated heterocycles. The Kier molecular flexibility index (Phi) is 5.90. The minimum absolute atomic E-state index is 0.668. The highest BCUT2D eigenvalue weighted by Crippen LogP contribution is 2.44. The molecule has 0 N–H and O–H groups in total. The van der Waals surface area contributed by atoms with Crippen LogP contribution in [0.1, 0.15) is 0 Å². The first-order chi connectivity index (χ1) is 26.3. The van der Waals surface area contributed by atoms with E-state index in [0.717, 1.165) is 44.4 Å². The largest absolute Gasteiger partial charge is 0.309 e. The first-order valence-corrected chi connectivity index (χ1v) is 18.7. The van der Waals surface area contributed by atoms with E-state index < -0.39 is 0 Å². The Morgan fingerprint density at radius 1 is 0.415 bits per heavy atom. The molecule has 12 rings (SSSR count). The highest BCUT2D eigenvalue weighted by molar-refractivity contribution is 7.26. The second-order valence-electron chi connectivity index (χ2n) is 13.8. The van der Waals surface area contributed by atoms with Crippen LogP contribution in [0.3, 0.4) is 0 Å². The summed E-state index contributed by atoms with van der Waals surface area (Å²) >= 11 is 1.85. The van der Waals surface area contributed by atoms with Crippen molar-refractivity contribution >= 4 is 96.8 Å². The Balaban J connectivity index is 1.18. The maximum Gasteiger partial charge on any atom is 0.235 e. The molecule has 0 aliphatic rings. The molecule has 4 nitrogen and oxygen atoms in total. The average Bonchev–Trinajstić information content (AvgIpc) is 3.86. The minimum Gasteiger partial charge on any atom is -0.309 e. The first kappa shape index (κ1) is 28.8. The van der Waals surface area contributed by atoms with Gasteiger partial charge in [0.1, 0.15) is 0 Å². The van der Waals surface area contributed by atoms with E-state index in [0.29, 0.717) is 5.95 Å². The lowest BCUT2D eigenvalue weighted by Crippen LogP contribution is -2.03. The summed E-state index contributed by atoms with van der Waals surface area (Å²) in [6, 6.07) is 61.1. The molecule has 0 aliphatic heterocycles. The van der Waals surface area contributed by atoms with E-state index in [1.165, 1.54) is 58.0 Å². The molecule has 4 aromatic heterocycles. The van der Waals surface area contributed by atoms with Crippen molar-refractivity contribution in [2.24, 2.45) is 0 Å². The molecule has 246 valence electrons. The van der Waals surface area contributed by atoms with Gasteiger partial charge in [-0.3, -0.25) is 4.57 Å². The van der Waals surface area contributed by atoms with Gasteiger partial charge in [0.05, 0.1) is 33.3 Å². The van der Waals surface area contributed by atoms with Gasteiger partial charge in [0.2, 0.25) is 5.95 Å². The summed E-state index contributed by atoms with van der Waals surface area (Å²) in [7, 11) is 0. The van der Waals surface area contributed by atoms with Crippen LogP contribution in [0.2, 0.25) is 0 Å². The van der Waals surface area contributed by atoms with Gasteiger partial charge in [-0.2, -0.15) is 0 Å². The third-order valence-electron chi connectivity index (χ3n) is 10.9. The summed E-state index contributed by atoms with van der Waals surface area (Å²) < 4.78 is 7.22. The van der Waals surface area contributed by atoms with E-state index in [1.807, 2.05) is 11.3 Å². The topological polar surface area (TPSA) is 35.6 Å². The molecule has 8 aromatic carbocycles. The molecule has 0 bridgehead atoms. The third kappa shape index (κ3) is 4.11. The second-order valence-corrected chi connectivity index (χ2v) is 14.9. The predicted molar refractivity (Wildman–Crippen MR) is 224 cm³/mol. The number of para-hydroxylation sites is 4. The highest BCUT2D eigenvalue weighted by atomic mass is 32.1. The molecule has 0 unspecified atom stereocenters. The maximum absolute atomic E-state index is 5.54. The van der Waals surface area contributed by atoms with Gasteiger partial charge in [-0.15, -0.1) is 11.3 Å². The molecule has 0 aliphatic carbocycles. The molecule has 12 aromatic rings. The fraction of sp³-hybridized carbons (Fsp3) is 0. The van der Waals surface area contributed by atoms with Crippen LogP contribution >= 0.6 is 11.3 Å². The summed E-state index contributed by atoms with van der Waals surface area (Å²) in [5, 5.41) is 10.9. The van der Waals surface area contributed by atoms with Crippen molar-refractivity contribution in [1.29, 1.82) is 0 Å². The van der Waals surface area contributed by atoms with Gasteiger partial charge in [-0.1, -0.05) is 115 Å². The van der Waals surface area contributed by atoms with Crippen molar-refractivity contribution in [3.63, 3.8) is 0 Å². The van der Waals surface area contributed by atoms with Crippen LogP contribution in [-0.4, -0.2) is 19.1 Å². The number of nitrogens with zero attached hydrogens (tertiary/aromatic N) is 4. The number of fused-ring (bicyclic) bond motifs is 12. The van der Waals surface area contributed by atoms with E-state index in [-0.39, 0.29) is 0 Å². The van der Waals surface area contributed by atoms with Crippen molar-refractivity contribution in [3.05, 3.63) is 170 Å². The van der Waals surface area contributed by atoms with Gasteiger partial charge in [-0.05, 0) is 65.4 Å². The first-order valence-electron chi connectivity index (χ1n) is 17.9. The molecular formula is C48H28N4S. The zero-order chi connectivity index (χ0) is 34.6. The molecule has 0 amide bonds. The summed E-state index contributed by atoms with van der Waals surface area (Å²) in [5.74, 6) is 0.668. The predicted octanol–water partition coefficient (Wildman–Crippen LogP) is 13.0. The van der Waals surface area contributed by atoms with E-state index in [9.17, 15) is 0 Å². The number of hydrogen-bond donors (Lipinski definition) is 0. The molecule has 5 heteroatoms. The van der Waals surface area contributed by atoms with E-state index in [2.05, 4.69) is 179 Å². The molecular weight excluding hydrogens is 665 g/mol. The smallest absolute Gasteiger partial charge is 0.235 e. The van der Waals surface area contributed by atoms with Gasteiger partial charge >= 0.3 is 0 Å². The molecule has 0 spiro atoms. The van der Waals surface area contributed by atoms with Crippen molar-refractivity contribution in [2.75, 3.05) is 0 Å². The number of aromatic nitrogens is 4. The minimum atomic E-state index is 0.668. The van der Waals surface area contributed by atoms with E-state index in [4.69, 9.17) is 9.97 Å². The quantitative estimate of drug-likeness (QED) is 0.185. The molecule has 0 radical (unpaired) electrons. The second kappa shape index (κ2) is 10.8. The molecule has 0 atom stereocenters. The van der Waals surface area contributed by atoms with Crippen LogP contribution in [0.15, 0.2) is 170 Å². The fourth-order valence-electron chi connectivity index (χ4n) is 8.57. The number of hydrogen-bond acceptors (Lipinski definition) is 3. The zero-order valence-electron chi connectivity index (χ0n) is 28.4. The van der Waals surface area contributed by atoms with Crippen LogP contribution in [0.25, 0.3) is 108 Å². The SMILES string of the molecule is c1ccc(-n2c3ccccc3c3ccc(-c4nc(-n5c6ccccc6c6ccc7sc8cc9ccccc9cc8c7c65)nc5ccccc45)cc32)cc1. The lowest BCUT2D eigenvalue weighted by Gasteiger charge is -2.13. The molecule has 4 heterocycles. The summed E-state index contributed by atoms with van der Waals surface area (Å²) in [6.45, 7) is 0. The lowest BCUT2D eigenvalue weighted by atomic mass is 10.0. The molecule has 0 fully saturated rings. The van der Waals surface area contributed by atoms with Crippen LogP contribution in [-0.2, 0) is 0 Å². The van der Waals surface area contributed by atoms with E-state index >= 15 is 0 Å². The average molecular weight is 693 g/mol. The van der Waals surface area contributed by atoms with Gasteiger partial charge < -0.3 is 4.57 Å². The Hall–Kier alpha value is -6.82. The number of thiophene rings is 1. The lowest BCUT2D eigenvalue weighted by molar-refractivity contribution is 1.02. The van der Waals surface area contributed by atoms with Gasteiger partial charge in [0.15, 0.2) is 0 Å². The zero-order valence-corrected chi connectivity index (χ0v) is 29.2. The maximum atomic E-state index is 5.54. The molecule has 0 saturated carbocycles. The summed E-state index contributed by atoms with van der Waals surface area (Å²) in [6.07, 6.45) is 0. The van der Waals surface area contributed by atoms with Crippen LogP contribution < -0.4 is 0 Å². The van der Waals surface area contributed by atoms with Crippen molar-refractivity contribution in [2.45, 2.75) is 0 Å². The van der Waals surface area contributed by atoms with Crippen molar-refractivity contribution in [3.8, 4) is 22.9 Å². The summed E-state index contributed by atoms with van der Waals surface area (Å²) in [5.41, 5.74) is 8.58. The fourth-order valence-corrected chi connectivity index (χ4v) is 9.71. The molecule has 53 heavy (non-hydrogen) atoms. The highest BCUT2D eigenvalue weighted by Gasteiger charge is 2.22. The van der Waals surface area contributed by atoms with Crippen molar-refractivity contribution in [1.82, 2.24) is 19.1 Å². The van der Waals surface area contributed by atoms with Gasteiger partial charge in [0, 0.05) is 58.4 Å². The Morgan fingerprint density at radius 3 is 1.89 bits per heavy atom. The standard InChI is InChI=1S/C48H28N4S/c1-2-14-32(15-3-1)51-40-20-10-7-16-33(40)35-23-22-31(27-42(35)51)46-37-18-6-9-19-39(37)49-48(50-46)52-41-21-11-8-17-34(41)36-24-25-43-45(47(36)52)38-26-29-12-4-5-13-30(29)28-44(38)53-43/h1-28H. The summed E-state index contributed by atoms with van der Waals surface area (Å²) in [4.78, 5) is 10.9. The van der Waals surface area contributed by atoms with Crippen LogP contribution in [0.5, 0.6) is 0 Å². The Morgan fingerprint density at radius 2 is 1.06 bits per heavy atom. The van der Waals surface area contributed by atoms with E-state index in [1.54, 1.807) is 0 Å². The number of rotatable bonds is 3. The normalized spacial score (nSPS) is 12.2. The van der Waals surface area contributed by atoms with Crippen LogP contribution in [0, 0.1) is 0 Å². The Bertz CT molecular complexity index is 3460. The number of benzene rings is 8.